The zero-order valence-corrected chi connectivity index (χ0v) is 17.2. The number of hydrogen-bond acceptors (Lipinski definition) is 4. The average molecular weight is 402 g/mol. The van der Waals surface area contributed by atoms with Gasteiger partial charge in [-0.2, -0.15) is 0 Å². The molecule has 2 aliphatic rings. The third kappa shape index (κ3) is 4.41. The van der Waals surface area contributed by atoms with E-state index < -0.39 is 5.60 Å². The van der Waals surface area contributed by atoms with Gasteiger partial charge >= 0.3 is 0 Å². The van der Waals surface area contributed by atoms with Crippen molar-refractivity contribution in [3.8, 4) is 0 Å². The number of carbonyl (C=O) groups excluding carboxylic acids is 1. The zero-order chi connectivity index (χ0) is 19.9. The molecule has 0 bridgehead atoms. The molecule has 0 saturated heterocycles. The Morgan fingerprint density at radius 2 is 1.79 bits per heavy atom. The fraction of sp³-hybridized carbons (Fsp3) is 0.545. The number of rotatable bonds is 5. The second-order valence-corrected chi connectivity index (χ2v) is 9.25. The van der Waals surface area contributed by atoms with Crippen LogP contribution in [0.5, 0.6) is 0 Å². The van der Waals surface area contributed by atoms with Gasteiger partial charge in [-0.1, -0.05) is 11.6 Å². The van der Waals surface area contributed by atoms with Gasteiger partial charge in [-0.05, 0) is 76.5 Å². The standard InChI is InChI=1S/C22H28ClN3O2/c1-22(2,28)15-3-5-17(6-4-15)26-21(27)14-9-13-10-18(23)20(25-16-7-8-16)11-19(13)24-12-14/h9-12,15-17,25,28H,3-8H2,1-2H3,(H,26,27). The Balaban J connectivity index is 1.43. The third-order valence-electron chi connectivity index (χ3n) is 6.03. The first-order chi connectivity index (χ1) is 13.3. The molecule has 2 saturated carbocycles. The number of nitrogens with zero attached hydrogens (tertiary/aromatic N) is 1. The molecule has 2 fully saturated rings. The number of carbonyl (C=O) groups is 1. The molecule has 4 rings (SSSR count). The molecule has 1 heterocycles. The Morgan fingerprint density at radius 1 is 1.11 bits per heavy atom. The minimum atomic E-state index is -0.649. The number of aliphatic hydroxyl groups is 1. The van der Waals surface area contributed by atoms with Crippen LogP contribution in [0.1, 0.15) is 62.7 Å². The topological polar surface area (TPSA) is 74.2 Å². The SMILES string of the molecule is CC(C)(O)C1CCC(NC(=O)c2cnc3cc(NC4CC4)c(Cl)cc3c2)CC1. The lowest BCUT2D eigenvalue weighted by atomic mass is 9.77. The third-order valence-corrected chi connectivity index (χ3v) is 6.34. The monoisotopic (exact) mass is 401 g/mol. The van der Waals surface area contributed by atoms with Crippen molar-refractivity contribution in [3.63, 3.8) is 0 Å². The Labute approximate surface area is 170 Å². The van der Waals surface area contributed by atoms with Gasteiger partial charge in [0.25, 0.3) is 5.91 Å². The van der Waals surface area contributed by atoms with Crippen molar-refractivity contribution in [1.29, 1.82) is 0 Å². The van der Waals surface area contributed by atoms with Crippen molar-refractivity contribution in [2.24, 2.45) is 5.92 Å². The van der Waals surface area contributed by atoms with E-state index >= 15 is 0 Å². The van der Waals surface area contributed by atoms with Gasteiger partial charge in [0.1, 0.15) is 0 Å². The lowest BCUT2D eigenvalue weighted by Gasteiger charge is -2.36. The molecule has 2 aromatic rings. The van der Waals surface area contributed by atoms with E-state index in [9.17, 15) is 9.90 Å². The number of anilines is 1. The number of amides is 1. The largest absolute Gasteiger partial charge is 0.390 e. The highest BCUT2D eigenvalue weighted by Crippen LogP contribution is 2.34. The van der Waals surface area contributed by atoms with E-state index in [0.29, 0.717) is 22.5 Å². The van der Waals surface area contributed by atoms with Gasteiger partial charge in [-0.3, -0.25) is 9.78 Å². The van der Waals surface area contributed by atoms with Crippen molar-refractivity contribution < 1.29 is 9.90 Å². The molecule has 0 spiro atoms. The Kier molecular flexibility index (Phi) is 5.23. The van der Waals surface area contributed by atoms with Gasteiger partial charge in [0.15, 0.2) is 0 Å². The Bertz CT molecular complexity index is 881. The predicted molar refractivity (Wildman–Crippen MR) is 113 cm³/mol. The molecule has 1 aromatic carbocycles. The van der Waals surface area contributed by atoms with E-state index in [4.69, 9.17) is 11.6 Å². The molecule has 0 aliphatic heterocycles. The lowest BCUT2D eigenvalue weighted by Crippen LogP contribution is -2.41. The van der Waals surface area contributed by atoms with E-state index in [1.807, 2.05) is 32.0 Å². The molecule has 5 nitrogen and oxygen atoms in total. The number of benzene rings is 1. The van der Waals surface area contributed by atoms with Crippen molar-refractivity contribution in [2.45, 2.75) is 70.1 Å². The molecule has 1 amide bonds. The minimum Gasteiger partial charge on any atom is -0.390 e. The summed E-state index contributed by atoms with van der Waals surface area (Å²) in [7, 11) is 0. The highest BCUT2D eigenvalue weighted by molar-refractivity contribution is 6.34. The van der Waals surface area contributed by atoms with Crippen molar-refractivity contribution in [1.82, 2.24) is 10.3 Å². The van der Waals surface area contributed by atoms with E-state index in [-0.39, 0.29) is 11.9 Å². The summed E-state index contributed by atoms with van der Waals surface area (Å²) in [6, 6.07) is 6.35. The molecule has 1 aromatic heterocycles. The number of fused-ring (bicyclic) bond motifs is 1. The maximum absolute atomic E-state index is 12.7. The van der Waals surface area contributed by atoms with Crippen molar-refractivity contribution >= 4 is 34.1 Å². The van der Waals surface area contributed by atoms with Gasteiger partial charge < -0.3 is 15.7 Å². The maximum Gasteiger partial charge on any atom is 0.253 e. The first-order valence-electron chi connectivity index (χ1n) is 10.2. The zero-order valence-electron chi connectivity index (χ0n) is 16.5. The summed E-state index contributed by atoms with van der Waals surface area (Å²) in [5.74, 6) is 0.195. The summed E-state index contributed by atoms with van der Waals surface area (Å²) in [6.45, 7) is 3.74. The van der Waals surface area contributed by atoms with Crippen LogP contribution < -0.4 is 10.6 Å². The smallest absolute Gasteiger partial charge is 0.253 e. The molecule has 2 aliphatic carbocycles. The number of aromatic nitrogens is 1. The van der Waals surface area contributed by atoms with Crippen LogP contribution in [0.4, 0.5) is 5.69 Å². The fourth-order valence-electron chi connectivity index (χ4n) is 4.04. The molecular formula is C22H28ClN3O2. The quantitative estimate of drug-likeness (QED) is 0.688. The van der Waals surface area contributed by atoms with Crippen LogP contribution >= 0.6 is 11.6 Å². The normalized spacial score (nSPS) is 22.9. The van der Waals surface area contributed by atoms with Crippen LogP contribution in [0.25, 0.3) is 10.9 Å². The van der Waals surface area contributed by atoms with E-state index in [1.54, 1.807) is 6.20 Å². The summed E-state index contributed by atoms with van der Waals surface area (Å²) in [5.41, 5.74) is 1.64. The van der Waals surface area contributed by atoms with Crippen molar-refractivity contribution in [3.05, 3.63) is 35.0 Å². The first-order valence-corrected chi connectivity index (χ1v) is 10.6. The average Bonchev–Trinajstić information content (AvgIpc) is 3.46. The highest BCUT2D eigenvalue weighted by atomic mass is 35.5. The molecule has 0 radical (unpaired) electrons. The number of pyridine rings is 1. The molecule has 3 N–H and O–H groups in total. The fourth-order valence-corrected chi connectivity index (χ4v) is 4.27. The molecule has 0 unspecified atom stereocenters. The lowest BCUT2D eigenvalue weighted by molar-refractivity contribution is -0.00257. The maximum atomic E-state index is 12.7. The number of nitrogens with one attached hydrogen (secondary N) is 2. The van der Waals surface area contributed by atoms with Gasteiger partial charge in [0, 0.05) is 23.7 Å². The minimum absolute atomic E-state index is 0.0996. The van der Waals surface area contributed by atoms with Crippen LogP contribution in [0.3, 0.4) is 0 Å². The number of hydrogen-bond donors (Lipinski definition) is 3. The molecular weight excluding hydrogens is 374 g/mol. The summed E-state index contributed by atoms with van der Waals surface area (Å²) in [4.78, 5) is 17.2. The van der Waals surface area contributed by atoms with Gasteiger partial charge in [0.2, 0.25) is 0 Å². The summed E-state index contributed by atoms with van der Waals surface area (Å²) >= 11 is 6.40. The van der Waals surface area contributed by atoms with E-state index in [0.717, 1.165) is 42.3 Å². The molecule has 0 atom stereocenters. The van der Waals surface area contributed by atoms with Gasteiger partial charge in [-0.15, -0.1) is 0 Å². The van der Waals surface area contributed by atoms with E-state index in [2.05, 4.69) is 15.6 Å². The highest BCUT2D eigenvalue weighted by Gasteiger charge is 2.31. The summed E-state index contributed by atoms with van der Waals surface area (Å²) < 4.78 is 0. The van der Waals surface area contributed by atoms with Gasteiger partial charge in [-0.25, -0.2) is 0 Å². The van der Waals surface area contributed by atoms with Crippen LogP contribution in [0.2, 0.25) is 5.02 Å². The summed E-state index contributed by atoms with van der Waals surface area (Å²) in [5, 5.41) is 18.2. The Hall–Kier alpha value is -1.85. The van der Waals surface area contributed by atoms with Crippen molar-refractivity contribution in [2.75, 3.05) is 5.32 Å². The van der Waals surface area contributed by atoms with Crippen LogP contribution in [0, 0.1) is 5.92 Å². The second-order valence-electron chi connectivity index (χ2n) is 8.84. The summed E-state index contributed by atoms with van der Waals surface area (Å²) in [6.07, 6.45) is 7.63. The van der Waals surface area contributed by atoms with Crippen LogP contribution in [-0.2, 0) is 0 Å². The number of halogens is 1. The van der Waals surface area contributed by atoms with Crippen LogP contribution in [-0.4, -0.2) is 33.7 Å². The van der Waals surface area contributed by atoms with Gasteiger partial charge in [0.05, 0.1) is 27.4 Å². The van der Waals surface area contributed by atoms with E-state index in [1.165, 1.54) is 12.8 Å². The molecule has 150 valence electrons. The molecule has 28 heavy (non-hydrogen) atoms. The Morgan fingerprint density at radius 3 is 2.43 bits per heavy atom. The predicted octanol–water partition coefficient (Wildman–Crippen LogP) is 4.52. The second kappa shape index (κ2) is 7.53. The van der Waals surface area contributed by atoms with Crippen LogP contribution in [0.15, 0.2) is 24.4 Å². The molecule has 6 heteroatoms. The first kappa shape index (κ1) is 19.5.